The van der Waals surface area contributed by atoms with Crippen LogP contribution in [-0.4, -0.2) is 19.2 Å². The number of hydrogen-bond donors (Lipinski definition) is 1. The van der Waals surface area contributed by atoms with Crippen LogP contribution in [0.25, 0.3) is 0 Å². The molecule has 0 saturated carbocycles. The third-order valence-corrected chi connectivity index (χ3v) is 4.71. The molecule has 1 aliphatic heterocycles. The predicted molar refractivity (Wildman–Crippen MR) is 85.4 cm³/mol. The Morgan fingerprint density at radius 1 is 1.20 bits per heavy atom. The lowest BCUT2D eigenvalue weighted by Gasteiger charge is -2.33. The molecule has 2 nitrogen and oxygen atoms in total. The molecule has 0 saturated heterocycles. The van der Waals surface area contributed by atoms with Crippen molar-refractivity contribution in [2.45, 2.75) is 58.4 Å². The Hall–Kier alpha value is -1.02. The molecule has 1 heterocycles. The first-order valence-electron chi connectivity index (χ1n) is 8.25. The lowest BCUT2D eigenvalue weighted by Crippen LogP contribution is -2.37. The smallest absolute Gasteiger partial charge is 0.122 e. The topological polar surface area (TPSA) is 21.3 Å². The van der Waals surface area contributed by atoms with Crippen molar-refractivity contribution in [3.63, 3.8) is 0 Å². The van der Waals surface area contributed by atoms with E-state index >= 15 is 0 Å². The molecule has 112 valence electrons. The van der Waals surface area contributed by atoms with Crippen molar-refractivity contribution in [3.8, 4) is 5.75 Å². The maximum atomic E-state index is 5.79. The molecule has 0 aromatic heterocycles. The van der Waals surface area contributed by atoms with Gasteiger partial charge in [0, 0.05) is 6.04 Å². The normalized spacial score (nSPS) is 19.5. The second-order valence-electron chi connectivity index (χ2n) is 5.85. The van der Waals surface area contributed by atoms with Gasteiger partial charge in [0.05, 0.1) is 6.61 Å². The van der Waals surface area contributed by atoms with Crippen LogP contribution in [0.4, 0.5) is 0 Å². The van der Waals surface area contributed by atoms with Gasteiger partial charge in [0.15, 0.2) is 0 Å². The Balaban J connectivity index is 2.11. The molecular weight excluding hydrogens is 246 g/mol. The van der Waals surface area contributed by atoms with Gasteiger partial charge in [0.2, 0.25) is 0 Å². The molecule has 1 N–H and O–H groups in total. The lowest BCUT2D eigenvalue weighted by atomic mass is 9.82. The quantitative estimate of drug-likeness (QED) is 0.798. The van der Waals surface area contributed by atoms with Crippen molar-refractivity contribution in [3.05, 3.63) is 29.8 Å². The van der Waals surface area contributed by atoms with Crippen molar-refractivity contribution in [2.75, 3.05) is 13.2 Å². The average Bonchev–Trinajstić information content (AvgIpc) is 2.49. The van der Waals surface area contributed by atoms with Gasteiger partial charge in [-0.1, -0.05) is 51.8 Å². The Bertz CT molecular complexity index is 400. The minimum atomic E-state index is 0.631. The highest BCUT2D eigenvalue weighted by molar-refractivity contribution is 5.37. The summed E-state index contributed by atoms with van der Waals surface area (Å²) in [5.74, 6) is 2.53. The van der Waals surface area contributed by atoms with Crippen LogP contribution in [0.2, 0.25) is 0 Å². The first-order valence-corrected chi connectivity index (χ1v) is 8.25. The molecule has 1 aliphatic rings. The molecule has 0 fully saturated rings. The van der Waals surface area contributed by atoms with E-state index < -0.39 is 0 Å². The van der Waals surface area contributed by atoms with E-state index in [-0.39, 0.29) is 0 Å². The highest BCUT2D eigenvalue weighted by Crippen LogP contribution is 2.37. The molecule has 0 bridgehead atoms. The fourth-order valence-corrected chi connectivity index (χ4v) is 3.53. The first kappa shape index (κ1) is 15.4. The zero-order valence-electron chi connectivity index (χ0n) is 13.2. The fourth-order valence-electron chi connectivity index (χ4n) is 3.53. The van der Waals surface area contributed by atoms with Crippen molar-refractivity contribution < 1.29 is 4.74 Å². The second kappa shape index (κ2) is 7.68. The molecule has 0 spiro atoms. The Kier molecular flexibility index (Phi) is 5.90. The number of fused-ring (bicyclic) bond motifs is 1. The summed E-state index contributed by atoms with van der Waals surface area (Å²) >= 11 is 0. The lowest BCUT2D eigenvalue weighted by molar-refractivity contribution is 0.237. The van der Waals surface area contributed by atoms with Crippen LogP contribution in [-0.2, 0) is 0 Å². The highest BCUT2D eigenvalue weighted by atomic mass is 16.5. The van der Waals surface area contributed by atoms with E-state index in [4.69, 9.17) is 4.74 Å². The number of para-hydroxylation sites is 1. The summed E-state index contributed by atoms with van der Waals surface area (Å²) in [6.45, 7) is 8.77. The van der Waals surface area contributed by atoms with Gasteiger partial charge < -0.3 is 10.1 Å². The van der Waals surface area contributed by atoms with Crippen molar-refractivity contribution in [2.24, 2.45) is 5.92 Å². The molecule has 2 rings (SSSR count). The molecule has 2 atom stereocenters. The third-order valence-electron chi connectivity index (χ3n) is 4.71. The molecule has 1 aromatic carbocycles. The van der Waals surface area contributed by atoms with Crippen molar-refractivity contribution >= 4 is 0 Å². The third kappa shape index (κ3) is 3.54. The van der Waals surface area contributed by atoms with E-state index in [2.05, 4.69) is 50.4 Å². The Labute approximate surface area is 123 Å². The maximum Gasteiger partial charge on any atom is 0.122 e. The Morgan fingerprint density at radius 2 is 1.95 bits per heavy atom. The van der Waals surface area contributed by atoms with Crippen LogP contribution < -0.4 is 10.1 Å². The van der Waals surface area contributed by atoms with Gasteiger partial charge in [-0.15, -0.1) is 0 Å². The van der Waals surface area contributed by atoms with Crippen LogP contribution in [0.15, 0.2) is 24.3 Å². The SMILES string of the molecule is CCNC(CC1CCOc2ccccc21)C(CC)CC. The van der Waals surface area contributed by atoms with E-state index in [1.54, 1.807) is 0 Å². The van der Waals surface area contributed by atoms with E-state index in [0.717, 1.165) is 31.2 Å². The number of rotatable bonds is 7. The van der Waals surface area contributed by atoms with Gasteiger partial charge in [-0.25, -0.2) is 0 Å². The van der Waals surface area contributed by atoms with Crippen LogP contribution >= 0.6 is 0 Å². The molecular formula is C18H29NO. The van der Waals surface area contributed by atoms with Crippen LogP contribution in [0.3, 0.4) is 0 Å². The van der Waals surface area contributed by atoms with Crippen molar-refractivity contribution in [1.82, 2.24) is 5.32 Å². The van der Waals surface area contributed by atoms with E-state index in [0.29, 0.717) is 12.0 Å². The van der Waals surface area contributed by atoms with Gasteiger partial charge in [0.1, 0.15) is 5.75 Å². The summed E-state index contributed by atoms with van der Waals surface area (Å²) in [7, 11) is 0. The van der Waals surface area contributed by atoms with Crippen molar-refractivity contribution in [1.29, 1.82) is 0 Å². The minimum absolute atomic E-state index is 0.631. The Morgan fingerprint density at radius 3 is 2.65 bits per heavy atom. The van der Waals surface area contributed by atoms with Gasteiger partial charge in [0.25, 0.3) is 0 Å². The molecule has 2 heteroatoms. The van der Waals surface area contributed by atoms with Gasteiger partial charge in [-0.05, 0) is 42.9 Å². The molecule has 1 aromatic rings. The number of hydrogen-bond acceptors (Lipinski definition) is 2. The average molecular weight is 275 g/mol. The van der Waals surface area contributed by atoms with Gasteiger partial charge in [-0.3, -0.25) is 0 Å². The second-order valence-corrected chi connectivity index (χ2v) is 5.85. The summed E-state index contributed by atoms with van der Waals surface area (Å²) in [5, 5.41) is 3.72. The van der Waals surface area contributed by atoms with E-state index in [1.165, 1.54) is 24.8 Å². The minimum Gasteiger partial charge on any atom is -0.493 e. The number of ether oxygens (including phenoxy) is 1. The molecule has 20 heavy (non-hydrogen) atoms. The van der Waals surface area contributed by atoms with Crippen LogP contribution in [0.5, 0.6) is 5.75 Å². The predicted octanol–water partition coefficient (Wildman–Crippen LogP) is 4.36. The van der Waals surface area contributed by atoms with E-state index in [1.807, 2.05) is 0 Å². The summed E-state index contributed by atoms with van der Waals surface area (Å²) in [6, 6.07) is 9.20. The monoisotopic (exact) mass is 275 g/mol. The van der Waals surface area contributed by atoms with Gasteiger partial charge in [-0.2, -0.15) is 0 Å². The summed E-state index contributed by atoms with van der Waals surface area (Å²) in [5.41, 5.74) is 1.41. The molecule has 2 unspecified atom stereocenters. The highest BCUT2D eigenvalue weighted by Gasteiger charge is 2.26. The zero-order chi connectivity index (χ0) is 14.4. The number of benzene rings is 1. The maximum absolute atomic E-state index is 5.79. The molecule has 0 aliphatic carbocycles. The summed E-state index contributed by atoms with van der Waals surface area (Å²) in [6.07, 6.45) is 4.91. The number of nitrogens with one attached hydrogen (secondary N) is 1. The first-order chi connectivity index (χ1) is 9.80. The molecule has 0 radical (unpaired) electrons. The standard InChI is InChI=1S/C18H29NO/c1-4-14(5-2)17(19-6-3)13-15-11-12-20-18-10-8-7-9-16(15)18/h7-10,14-15,17,19H,4-6,11-13H2,1-3H3. The van der Waals surface area contributed by atoms with Crippen LogP contribution in [0.1, 0.15) is 57.9 Å². The summed E-state index contributed by atoms with van der Waals surface area (Å²) < 4.78 is 5.79. The zero-order valence-corrected chi connectivity index (χ0v) is 13.2. The largest absolute Gasteiger partial charge is 0.493 e. The van der Waals surface area contributed by atoms with Crippen LogP contribution in [0, 0.1) is 5.92 Å². The fraction of sp³-hybridized carbons (Fsp3) is 0.667. The summed E-state index contributed by atoms with van der Waals surface area (Å²) in [4.78, 5) is 0. The van der Waals surface area contributed by atoms with Gasteiger partial charge >= 0.3 is 0 Å². The van der Waals surface area contributed by atoms with E-state index in [9.17, 15) is 0 Å². The molecule has 0 amide bonds.